The molecule has 2 aromatic rings. The highest BCUT2D eigenvalue weighted by atomic mass is 79.9. The molecular formula is C17H20BrN5O3S. The number of nitrogens with one attached hydrogen (secondary N) is 3. The molecule has 3 N–H and O–H groups in total. The number of halogens is 1. The van der Waals surface area contributed by atoms with Crippen molar-refractivity contribution < 1.29 is 14.3 Å². The van der Waals surface area contributed by atoms with Crippen LogP contribution in [0.1, 0.15) is 28.7 Å². The fourth-order valence-corrected chi connectivity index (χ4v) is 2.65. The maximum Gasteiger partial charge on any atom is 0.338 e. The summed E-state index contributed by atoms with van der Waals surface area (Å²) in [6.07, 6.45) is 0. The second-order valence-electron chi connectivity index (χ2n) is 5.57. The fraction of sp³-hybridized carbons (Fsp3) is 0.294. The summed E-state index contributed by atoms with van der Waals surface area (Å²) in [7, 11) is 0. The van der Waals surface area contributed by atoms with E-state index in [0.29, 0.717) is 17.9 Å². The SMILES string of the molecule is CCOC(=O)c1ccc(NC(=S)NNC(=O)Cn2nc(C)c(Br)c2C)cc1. The lowest BCUT2D eigenvalue weighted by Gasteiger charge is -2.12. The van der Waals surface area contributed by atoms with Crippen molar-refractivity contribution >= 4 is 50.8 Å². The Balaban J connectivity index is 1.82. The molecule has 0 aliphatic carbocycles. The predicted molar refractivity (Wildman–Crippen MR) is 109 cm³/mol. The number of hydrogen-bond donors (Lipinski definition) is 3. The molecule has 0 fully saturated rings. The van der Waals surface area contributed by atoms with Crippen molar-refractivity contribution in [2.24, 2.45) is 0 Å². The zero-order valence-electron chi connectivity index (χ0n) is 15.1. The topological polar surface area (TPSA) is 97.3 Å². The van der Waals surface area contributed by atoms with Gasteiger partial charge in [-0.3, -0.25) is 20.3 Å². The molecule has 0 atom stereocenters. The average molecular weight is 454 g/mol. The lowest BCUT2D eigenvalue weighted by atomic mass is 10.2. The summed E-state index contributed by atoms with van der Waals surface area (Å²) < 4.78 is 7.40. The third-order valence-corrected chi connectivity index (χ3v) is 4.91. The molecule has 2 rings (SSSR count). The Morgan fingerprint density at radius 1 is 1.22 bits per heavy atom. The Hall–Kier alpha value is -2.46. The first-order valence-corrected chi connectivity index (χ1v) is 9.34. The van der Waals surface area contributed by atoms with E-state index in [9.17, 15) is 9.59 Å². The van der Waals surface area contributed by atoms with Gasteiger partial charge in [-0.05, 0) is 73.2 Å². The number of carbonyl (C=O) groups excluding carboxylic acids is 2. The van der Waals surface area contributed by atoms with E-state index < -0.39 is 0 Å². The number of esters is 1. The summed E-state index contributed by atoms with van der Waals surface area (Å²) in [5.41, 5.74) is 7.93. The molecule has 144 valence electrons. The van der Waals surface area contributed by atoms with Crippen LogP contribution < -0.4 is 16.2 Å². The highest BCUT2D eigenvalue weighted by molar-refractivity contribution is 9.10. The minimum Gasteiger partial charge on any atom is -0.462 e. The van der Waals surface area contributed by atoms with Crippen LogP contribution in [-0.4, -0.2) is 33.4 Å². The second-order valence-corrected chi connectivity index (χ2v) is 6.77. The van der Waals surface area contributed by atoms with Crippen LogP contribution >= 0.6 is 28.1 Å². The van der Waals surface area contributed by atoms with Gasteiger partial charge in [-0.25, -0.2) is 4.79 Å². The van der Waals surface area contributed by atoms with E-state index in [1.54, 1.807) is 35.9 Å². The highest BCUT2D eigenvalue weighted by Crippen LogP contribution is 2.19. The Kier molecular flexibility index (Phi) is 7.31. The number of benzene rings is 1. The maximum absolute atomic E-state index is 12.0. The van der Waals surface area contributed by atoms with Crippen molar-refractivity contribution in [2.45, 2.75) is 27.3 Å². The molecular weight excluding hydrogens is 434 g/mol. The fourth-order valence-electron chi connectivity index (χ4n) is 2.20. The number of aromatic nitrogens is 2. The number of hydrogen-bond acceptors (Lipinski definition) is 5. The van der Waals surface area contributed by atoms with Gasteiger partial charge >= 0.3 is 5.97 Å². The highest BCUT2D eigenvalue weighted by Gasteiger charge is 2.12. The van der Waals surface area contributed by atoms with E-state index in [-0.39, 0.29) is 23.5 Å². The average Bonchev–Trinajstić information content (AvgIpc) is 2.87. The Morgan fingerprint density at radius 3 is 2.44 bits per heavy atom. The van der Waals surface area contributed by atoms with Crippen LogP contribution in [0.2, 0.25) is 0 Å². The lowest BCUT2D eigenvalue weighted by Crippen LogP contribution is -2.45. The summed E-state index contributed by atoms with van der Waals surface area (Å²) in [6, 6.07) is 6.63. The number of hydrazine groups is 1. The molecule has 0 saturated heterocycles. The molecule has 1 amide bonds. The molecule has 0 saturated carbocycles. The summed E-state index contributed by atoms with van der Waals surface area (Å²) in [5, 5.41) is 7.39. The molecule has 1 aromatic heterocycles. The summed E-state index contributed by atoms with van der Waals surface area (Å²) >= 11 is 8.56. The van der Waals surface area contributed by atoms with Crippen LogP contribution in [0.25, 0.3) is 0 Å². The summed E-state index contributed by atoms with van der Waals surface area (Å²) in [6.45, 7) is 5.86. The van der Waals surface area contributed by atoms with E-state index in [1.807, 2.05) is 13.8 Å². The number of carbonyl (C=O) groups is 2. The molecule has 0 bridgehead atoms. The minimum absolute atomic E-state index is 0.0577. The van der Waals surface area contributed by atoms with Crippen molar-refractivity contribution in [2.75, 3.05) is 11.9 Å². The van der Waals surface area contributed by atoms with Crippen molar-refractivity contribution in [3.05, 3.63) is 45.7 Å². The van der Waals surface area contributed by atoms with Gasteiger partial charge in [0.15, 0.2) is 5.11 Å². The second kappa shape index (κ2) is 9.47. The minimum atomic E-state index is -0.382. The Bertz CT molecular complexity index is 851. The van der Waals surface area contributed by atoms with Crippen molar-refractivity contribution in [1.29, 1.82) is 0 Å². The largest absolute Gasteiger partial charge is 0.462 e. The lowest BCUT2D eigenvalue weighted by molar-refractivity contribution is -0.122. The molecule has 0 radical (unpaired) electrons. The monoisotopic (exact) mass is 453 g/mol. The van der Waals surface area contributed by atoms with Crippen LogP contribution in [0.5, 0.6) is 0 Å². The van der Waals surface area contributed by atoms with Crippen LogP contribution in [0.4, 0.5) is 5.69 Å². The van der Waals surface area contributed by atoms with E-state index in [0.717, 1.165) is 15.9 Å². The molecule has 1 heterocycles. The van der Waals surface area contributed by atoms with E-state index in [2.05, 4.69) is 37.2 Å². The van der Waals surface area contributed by atoms with E-state index in [4.69, 9.17) is 17.0 Å². The van der Waals surface area contributed by atoms with E-state index >= 15 is 0 Å². The van der Waals surface area contributed by atoms with Gasteiger partial charge < -0.3 is 10.1 Å². The van der Waals surface area contributed by atoms with Gasteiger partial charge in [-0.15, -0.1) is 0 Å². The number of aryl methyl sites for hydroxylation is 1. The molecule has 0 aliphatic heterocycles. The van der Waals surface area contributed by atoms with Gasteiger partial charge in [-0.2, -0.15) is 5.10 Å². The molecule has 0 aliphatic rings. The first-order valence-electron chi connectivity index (χ1n) is 8.14. The number of nitrogens with zero attached hydrogens (tertiary/aromatic N) is 2. The maximum atomic E-state index is 12.0. The third-order valence-electron chi connectivity index (χ3n) is 3.56. The van der Waals surface area contributed by atoms with Gasteiger partial charge in [0.1, 0.15) is 6.54 Å². The zero-order valence-corrected chi connectivity index (χ0v) is 17.5. The summed E-state index contributed by atoms with van der Waals surface area (Å²) in [4.78, 5) is 23.6. The predicted octanol–water partition coefficient (Wildman–Crippen LogP) is 2.46. The van der Waals surface area contributed by atoms with Gasteiger partial charge in [0, 0.05) is 5.69 Å². The van der Waals surface area contributed by atoms with Crippen molar-refractivity contribution in [1.82, 2.24) is 20.6 Å². The molecule has 27 heavy (non-hydrogen) atoms. The molecule has 8 nitrogen and oxygen atoms in total. The first-order chi connectivity index (χ1) is 12.8. The van der Waals surface area contributed by atoms with Gasteiger partial charge in [0.05, 0.1) is 28.0 Å². The van der Waals surface area contributed by atoms with Crippen molar-refractivity contribution in [3.8, 4) is 0 Å². The number of amides is 1. The van der Waals surface area contributed by atoms with E-state index in [1.165, 1.54) is 0 Å². The van der Waals surface area contributed by atoms with Gasteiger partial charge in [0.25, 0.3) is 5.91 Å². The molecule has 10 heteroatoms. The van der Waals surface area contributed by atoms with Gasteiger partial charge in [-0.1, -0.05) is 0 Å². The Labute approximate surface area is 170 Å². The normalized spacial score (nSPS) is 10.2. The quantitative estimate of drug-likeness (QED) is 0.363. The number of ether oxygens (including phenoxy) is 1. The third kappa shape index (κ3) is 5.76. The number of anilines is 1. The molecule has 0 unspecified atom stereocenters. The van der Waals surface area contributed by atoms with Crippen LogP contribution in [0.15, 0.2) is 28.7 Å². The number of rotatable bonds is 5. The van der Waals surface area contributed by atoms with Crippen LogP contribution in [0.3, 0.4) is 0 Å². The van der Waals surface area contributed by atoms with Crippen molar-refractivity contribution in [3.63, 3.8) is 0 Å². The molecule has 1 aromatic carbocycles. The van der Waals surface area contributed by atoms with Crippen LogP contribution in [0, 0.1) is 13.8 Å². The van der Waals surface area contributed by atoms with Gasteiger partial charge in [0.2, 0.25) is 0 Å². The number of thiocarbonyl (C=S) groups is 1. The summed E-state index contributed by atoms with van der Waals surface area (Å²) in [5.74, 6) is -0.678. The van der Waals surface area contributed by atoms with Crippen LogP contribution in [-0.2, 0) is 16.1 Å². The smallest absolute Gasteiger partial charge is 0.338 e. The first kappa shape index (κ1) is 20.8. The standard InChI is InChI=1S/C17H20BrN5O3S/c1-4-26-16(25)12-5-7-13(8-6-12)19-17(27)21-20-14(24)9-23-11(3)15(18)10(2)22-23/h5-8H,4,9H2,1-3H3,(H,20,24)(H2,19,21,27). The Morgan fingerprint density at radius 2 is 1.89 bits per heavy atom. The zero-order chi connectivity index (χ0) is 20.0. The molecule has 0 spiro atoms.